The van der Waals surface area contributed by atoms with Crippen LogP contribution in [-0.2, 0) is 0 Å². The van der Waals surface area contributed by atoms with E-state index in [1.165, 1.54) is 19.4 Å². The van der Waals surface area contributed by atoms with Crippen molar-refractivity contribution in [3.8, 4) is 11.6 Å². The number of anilines is 3. The van der Waals surface area contributed by atoms with Gasteiger partial charge in [0.05, 0.1) is 17.8 Å². The number of hydrogen-bond donors (Lipinski definition) is 2. The zero-order valence-electron chi connectivity index (χ0n) is 14.9. The van der Waals surface area contributed by atoms with Crippen molar-refractivity contribution in [2.75, 3.05) is 17.7 Å². The Balaban J connectivity index is 1.84. The molecule has 9 heteroatoms. The van der Waals surface area contributed by atoms with E-state index in [2.05, 4.69) is 36.5 Å². The van der Waals surface area contributed by atoms with Gasteiger partial charge in [0, 0.05) is 16.4 Å². The first-order valence-corrected chi connectivity index (χ1v) is 9.27. The summed E-state index contributed by atoms with van der Waals surface area (Å²) in [6.07, 6.45) is 1.35. The van der Waals surface area contributed by atoms with Crippen molar-refractivity contribution in [1.29, 1.82) is 0 Å². The number of carbonyl (C=O) groups is 1. The molecule has 144 valence electrons. The Morgan fingerprint density at radius 3 is 2.75 bits per heavy atom. The van der Waals surface area contributed by atoms with Crippen molar-refractivity contribution in [2.24, 2.45) is 0 Å². The highest BCUT2D eigenvalue weighted by atomic mass is 79.9. The van der Waals surface area contributed by atoms with Crippen LogP contribution in [0.4, 0.5) is 17.3 Å². The van der Waals surface area contributed by atoms with Gasteiger partial charge >= 0.3 is 0 Å². The number of nitrogens with one attached hydrogen (secondary N) is 2. The van der Waals surface area contributed by atoms with Crippen molar-refractivity contribution >= 4 is 50.8 Å². The third kappa shape index (κ3) is 4.35. The third-order valence-electron chi connectivity index (χ3n) is 3.82. The van der Waals surface area contributed by atoms with Crippen molar-refractivity contribution < 1.29 is 14.6 Å². The molecule has 0 fully saturated rings. The number of benzene rings is 2. The highest BCUT2D eigenvalue weighted by Gasteiger charge is 2.18. The summed E-state index contributed by atoms with van der Waals surface area (Å²) in [7, 11) is 1.41. The molecule has 0 bridgehead atoms. The van der Waals surface area contributed by atoms with E-state index >= 15 is 0 Å². The number of carbonyl (C=O) groups excluding carboxylic acids is 1. The van der Waals surface area contributed by atoms with E-state index in [0.29, 0.717) is 26.4 Å². The summed E-state index contributed by atoms with van der Waals surface area (Å²) in [5, 5.41) is 17.6. The molecular weight excluding hydrogens is 448 g/mol. The average molecular weight is 463 g/mol. The molecule has 0 unspecified atom stereocenters. The SMILES string of the molecule is COc1nc(Nc2ccc([O-])c(C)c2)ncc1C(=O)Nc1c(Cl)cccc1Br. The molecule has 28 heavy (non-hydrogen) atoms. The second-order valence-corrected chi connectivity index (χ2v) is 7.03. The minimum atomic E-state index is -0.469. The van der Waals surface area contributed by atoms with E-state index in [-0.39, 0.29) is 23.1 Å². The smallest absolute Gasteiger partial charge is 0.262 e. The van der Waals surface area contributed by atoms with E-state index in [0.717, 1.165) is 0 Å². The Bertz CT molecular complexity index is 1030. The fourth-order valence-corrected chi connectivity index (χ4v) is 3.19. The Morgan fingerprint density at radius 2 is 2.07 bits per heavy atom. The summed E-state index contributed by atoms with van der Waals surface area (Å²) in [5.74, 6) is -0.203. The lowest BCUT2D eigenvalue weighted by Crippen LogP contribution is -2.15. The molecule has 0 aliphatic heterocycles. The number of aryl methyl sites for hydroxylation is 1. The number of amides is 1. The third-order valence-corrected chi connectivity index (χ3v) is 4.80. The summed E-state index contributed by atoms with van der Waals surface area (Å²) >= 11 is 9.48. The summed E-state index contributed by atoms with van der Waals surface area (Å²) in [5.41, 5.74) is 1.83. The van der Waals surface area contributed by atoms with Crippen LogP contribution in [0.25, 0.3) is 0 Å². The molecule has 2 N–H and O–H groups in total. The fourth-order valence-electron chi connectivity index (χ4n) is 2.39. The Hall–Kier alpha value is -2.84. The molecule has 0 saturated heterocycles. The summed E-state index contributed by atoms with van der Waals surface area (Å²) in [6.45, 7) is 1.72. The quantitative estimate of drug-likeness (QED) is 0.587. The maximum absolute atomic E-state index is 12.6. The Kier molecular flexibility index (Phi) is 6.01. The molecule has 1 amide bonds. The van der Waals surface area contributed by atoms with Crippen molar-refractivity contribution in [3.05, 3.63) is 63.2 Å². The number of rotatable bonds is 5. The van der Waals surface area contributed by atoms with Crippen LogP contribution in [0.3, 0.4) is 0 Å². The lowest BCUT2D eigenvalue weighted by atomic mass is 10.2. The Morgan fingerprint density at radius 1 is 1.29 bits per heavy atom. The summed E-state index contributed by atoms with van der Waals surface area (Å²) in [6, 6.07) is 9.95. The molecule has 1 aromatic heterocycles. The number of methoxy groups -OCH3 is 1. The molecule has 0 atom stereocenters. The van der Waals surface area contributed by atoms with Gasteiger partial charge in [0.1, 0.15) is 5.56 Å². The van der Waals surface area contributed by atoms with Gasteiger partial charge in [-0.2, -0.15) is 4.98 Å². The van der Waals surface area contributed by atoms with Gasteiger partial charge in [0.2, 0.25) is 11.8 Å². The molecule has 0 saturated carbocycles. The van der Waals surface area contributed by atoms with Crippen LogP contribution in [-0.4, -0.2) is 23.0 Å². The topological polar surface area (TPSA) is 99.2 Å². The van der Waals surface area contributed by atoms with Gasteiger partial charge in [0.15, 0.2) is 0 Å². The second-order valence-electron chi connectivity index (χ2n) is 5.77. The van der Waals surface area contributed by atoms with Gasteiger partial charge in [-0.05, 0) is 47.1 Å². The van der Waals surface area contributed by atoms with E-state index in [9.17, 15) is 9.90 Å². The number of aromatic nitrogens is 2. The normalized spacial score (nSPS) is 10.4. The lowest BCUT2D eigenvalue weighted by molar-refractivity contribution is -0.269. The van der Waals surface area contributed by atoms with Crippen molar-refractivity contribution in [2.45, 2.75) is 6.92 Å². The van der Waals surface area contributed by atoms with Gasteiger partial charge in [0.25, 0.3) is 5.91 Å². The van der Waals surface area contributed by atoms with Gasteiger partial charge < -0.3 is 20.5 Å². The maximum Gasteiger partial charge on any atom is 0.262 e. The minimum absolute atomic E-state index is 0.0539. The number of ether oxygens (including phenoxy) is 1. The van der Waals surface area contributed by atoms with Gasteiger partial charge in [-0.15, -0.1) is 5.75 Å². The van der Waals surface area contributed by atoms with Gasteiger partial charge in [-0.3, -0.25) is 4.79 Å². The monoisotopic (exact) mass is 461 g/mol. The van der Waals surface area contributed by atoms with E-state index in [1.54, 1.807) is 37.3 Å². The number of para-hydroxylation sites is 1. The Labute approximate surface area is 174 Å². The molecular formula is C19H15BrClN4O3-. The van der Waals surface area contributed by atoms with Crippen LogP contribution in [0.15, 0.2) is 47.1 Å². The molecule has 3 rings (SSSR count). The molecule has 0 spiro atoms. The first-order chi connectivity index (χ1) is 13.4. The zero-order valence-corrected chi connectivity index (χ0v) is 17.3. The van der Waals surface area contributed by atoms with Crippen LogP contribution < -0.4 is 20.5 Å². The molecule has 3 aromatic rings. The number of nitrogens with zero attached hydrogens (tertiary/aromatic N) is 2. The average Bonchev–Trinajstić information content (AvgIpc) is 2.67. The molecule has 7 nitrogen and oxygen atoms in total. The van der Waals surface area contributed by atoms with Crippen LogP contribution in [0.1, 0.15) is 15.9 Å². The standard InChI is InChI=1S/C19H16BrClN4O3/c1-10-8-11(6-7-15(10)26)23-19-22-9-12(18(25-19)28-2)17(27)24-16-13(20)4-3-5-14(16)21/h3-9,26H,1-2H3,(H,24,27)(H,22,23,25)/p-1. The molecule has 1 heterocycles. The van der Waals surface area contributed by atoms with Crippen LogP contribution >= 0.6 is 27.5 Å². The zero-order chi connectivity index (χ0) is 20.3. The molecule has 0 radical (unpaired) electrons. The highest BCUT2D eigenvalue weighted by molar-refractivity contribution is 9.10. The summed E-state index contributed by atoms with van der Waals surface area (Å²) in [4.78, 5) is 21.0. The van der Waals surface area contributed by atoms with Crippen molar-refractivity contribution in [1.82, 2.24) is 9.97 Å². The van der Waals surface area contributed by atoms with Gasteiger partial charge in [-0.1, -0.05) is 29.3 Å². The van der Waals surface area contributed by atoms with Crippen LogP contribution in [0, 0.1) is 6.92 Å². The minimum Gasteiger partial charge on any atom is -0.872 e. The fraction of sp³-hybridized carbons (Fsp3) is 0.105. The predicted molar refractivity (Wildman–Crippen MR) is 110 cm³/mol. The number of hydrogen-bond acceptors (Lipinski definition) is 6. The van der Waals surface area contributed by atoms with E-state index in [1.807, 2.05) is 0 Å². The first kappa shape index (κ1) is 19.9. The van der Waals surface area contributed by atoms with Crippen LogP contribution in [0.2, 0.25) is 5.02 Å². The highest BCUT2D eigenvalue weighted by Crippen LogP contribution is 2.31. The molecule has 0 aliphatic rings. The summed E-state index contributed by atoms with van der Waals surface area (Å²) < 4.78 is 5.88. The maximum atomic E-state index is 12.6. The molecule has 0 aliphatic carbocycles. The van der Waals surface area contributed by atoms with E-state index in [4.69, 9.17) is 16.3 Å². The first-order valence-electron chi connectivity index (χ1n) is 8.10. The van der Waals surface area contributed by atoms with Crippen LogP contribution in [0.5, 0.6) is 11.6 Å². The molecule has 2 aromatic carbocycles. The largest absolute Gasteiger partial charge is 0.872 e. The predicted octanol–water partition coefficient (Wildman–Crippen LogP) is 4.28. The van der Waals surface area contributed by atoms with Gasteiger partial charge in [-0.25, -0.2) is 4.98 Å². The number of halogens is 2. The van der Waals surface area contributed by atoms with Crippen molar-refractivity contribution in [3.63, 3.8) is 0 Å². The second kappa shape index (κ2) is 8.45. The lowest BCUT2D eigenvalue weighted by Gasteiger charge is -2.14. The van der Waals surface area contributed by atoms with E-state index < -0.39 is 5.91 Å².